The first kappa shape index (κ1) is 18.9. The normalized spacial score (nSPS) is 18.0. The molecule has 1 aliphatic heterocycles. The molecule has 5 rings (SSSR count). The Bertz CT molecular complexity index is 1290. The molecule has 3 aromatic carbocycles. The number of nitrogens with one attached hydrogen (secondary N) is 1. The number of aromatic hydroxyl groups is 1. The van der Waals surface area contributed by atoms with Crippen LogP contribution in [-0.4, -0.2) is 28.3 Å². The van der Waals surface area contributed by atoms with E-state index in [1.165, 1.54) is 0 Å². The summed E-state index contributed by atoms with van der Waals surface area (Å²) in [6.45, 7) is 0. The Hall–Kier alpha value is -4.06. The van der Waals surface area contributed by atoms with Gasteiger partial charge in [0, 0.05) is 46.5 Å². The van der Waals surface area contributed by atoms with E-state index in [0.29, 0.717) is 5.56 Å². The fraction of sp³-hybridized carbons (Fsp3) is 0.120. The van der Waals surface area contributed by atoms with E-state index in [0.717, 1.165) is 27.8 Å². The van der Waals surface area contributed by atoms with E-state index >= 15 is 0 Å². The van der Waals surface area contributed by atoms with Gasteiger partial charge in [0.15, 0.2) is 0 Å². The zero-order valence-corrected chi connectivity index (χ0v) is 16.8. The number of nitrogens with two attached hydrogens (primary N) is 1. The Labute approximate surface area is 179 Å². The second kappa shape index (κ2) is 7.65. The molecule has 2 atom stereocenters. The number of hydrogen-bond acceptors (Lipinski definition) is 4. The first-order valence-electron chi connectivity index (χ1n) is 10.2. The predicted octanol–water partition coefficient (Wildman–Crippen LogP) is 4.43. The molecule has 0 saturated heterocycles. The van der Waals surface area contributed by atoms with Crippen molar-refractivity contribution in [3.8, 4) is 5.75 Å². The van der Waals surface area contributed by atoms with Crippen LogP contribution in [0.25, 0.3) is 10.9 Å². The Balaban J connectivity index is 1.74. The highest BCUT2D eigenvalue weighted by molar-refractivity contribution is 5.93. The van der Waals surface area contributed by atoms with Gasteiger partial charge in [-0.05, 0) is 36.4 Å². The number of H-pyrrole nitrogens is 1. The third kappa shape index (κ3) is 3.42. The van der Waals surface area contributed by atoms with Gasteiger partial charge in [0.05, 0.1) is 17.8 Å². The van der Waals surface area contributed by atoms with Crippen LogP contribution >= 0.6 is 0 Å². The molecule has 0 spiro atoms. The topological polar surface area (TPSA) is 94.7 Å². The molecule has 4 N–H and O–H groups in total. The highest BCUT2D eigenvalue weighted by atomic mass is 16.3. The number of benzodiazepines with no additional fused rings is 1. The Morgan fingerprint density at radius 1 is 1.06 bits per heavy atom. The van der Waals surface area contributed by atoms with Crippen molar-refractivity contribution in [1.29, 1.82) is 0 Å². The molecule has 1 amide bonds. The molecule has 2 heterocycles. The average Bonchev–Trinajstić information content (AvgIpc) is 3.17. The van der Waals surface area contributed by atoms with Crippen LogP contribution in [0, 0.1) is 0 Å². The van der Waals surface area contributed by atoms with Gasteiger partial charge >= 0.3 is 0 Å². The molecule has 1 aromatic heterocycles. The van der Waals surface area contributed by atoms with Crippen molar-refractivity contribution in [2.45, 2.75) is 18.5 Å². The van der Waals surface area contributed by atoms with Gasteiger partial charge in [0.2, 0.25) is 5.91 Å². The van der Waals surface area contributed by atoms with Crippen LogP contribution < -0.4 is 10.6 Å². The summed E-state index contributed by atoms with van der Waals surface area (Å²) in [5.74, 6) is -0.279. The number of benzene rings is 3. The van der Waals surface area contributed by atoms with Crippen molar-refractivity contribution < 1.29 is 9.90 Å². The fourth-order valence-corrected chi connectivity index (χ4v) is 4.35. The number of aromatic amines is 1. The molecule has 0 saturated carbocycles. The SMILES string of the molecule is NC(=O)CC1C(c2ccccc2O)N=Cc2ccccc2N1c1ccc2[nH]ccc2c1. The van der Waals surface area contributed by atoms with Crippen LogP contribution in [0.3, 0.4) is 0 Å². The van der Waals surface area contributed by atoms with Gasteiger partial charge < -0.3 is 20.7 Å². The number of para-hydroxylation sites is 2. The molecule has 0 bridgehead atoms. The number of aliphatic imine (C=N–C) groups is 1. The molecular formula is C25H22N4O2. The Morgan fingerprint density at radius 3 is 2.71 bits per heavy atom. The van der Waals surface area contributed by atoms with E-state index in [2.05, 4.69) is 16.0 Å². The third-order valence-electron chi connectivity index (χ3n) is 5.75. The van der Waals surface area contributed by atoms with Crippen molar-refractivity contribution >= 4 is 34.4 Å². The van der Waals surface area contributed by atoms with Crippen LogP contribution in [0.15, 0.2) is 84.0 Å². The number of nitrogens with zero attached hydrogens (tertiary/aromatic N) is 2. The number of primary amides is 1. The number of carbonyl (C=O) groups excluding carboxylic acids is 1. The minimum absolute atomic E-state index is 0.0792. The first-order valence-corrected chi connectivity index (χ1v) is 10.2. The van der Waals surface area contributed by atoms with Crippen LogP contribution in [0.2, 0.25) is 0 Å². The number of hydrogen-bond donors (Lipinski definition) is 3. The second-order valence-corrected chi connectivity index (χ2v) is 7.70. The molecule has 6 nitrogen and oxygen atoms in total. The molecule has 2 unspecified atom stereocenters. The summed E-state index contributed by atoms with van der Waals surface area (Å²) in [6.07, 6.45) is 3.80. The molecule has 154 valence electrons. The minimum Gasteiger partial charge on any atom is -0.508 e. The summed E-state index contributed by atoms with van der Waals surface area (Å²) in [6, 6.07) is 22.3. The Kier molecular flexibility index (Phi) is 4.67. The van der Waals surface area contributed by atoms with Crippen LogP contribution in [0.4, 0.5) is 11.4 Å². The molecule has 0 fully saturated rings. The van der Waals surface area contributed by atoms with Crippen molar-refractivity contribution in [3.63, 3.8) is 0 Å². The van der Waals surface area contributed by atoms with Crippen LogP contribution in [0.1, 0.15) is 23.6 Å². The lowest BCUT2D eigenvalue weighted by atomic mass is 9.94. The van der Waals surface area contributed by atoms with E-state index in [1.54, 1.807) is 12.1 Å². The lowest BCUT2D eigenvalue weighted by molar-refractivity contribution is -0.118. The molecule has 0 radical (unpaired) electrons. The summed E-state index contributed by atoms with van der Waals surface area (Å²) < 4.78 is 0. The molecule has 4 aromatic rings. The fourth-order valence-electron chi connectivity index (χ4n) is 4.35. The third-order valence-corrected chi connectivity index (χ3v) is 5.75. The number of anilines is 2. The van der Waals surface area contributed by atoms with Crippen LogP contribution in [0.5, 0.6) is 5.75 Å². The number of amides is 1. The monoisotopic (exact) mass is 410 g/mol. The molecule has 1 aliphatic rings. The van der Waals surface area contributed by atoms with Gasteiger partial charge in [-0.25, -0.2) is 0 Å². The van der Waals surface area contributed by atoms with Gasteiger partial charge in [-0.2, -0.15) is 0 Å². The summed E-state index contributed by atoms with van der Waals surface area (Å²) in [5, 5.41) is 11.6. The first-order chi connectivity index (χ1) is 15.1. The van der Waals surface area contributed by atoms with Gasteiger partial charge in [-0.3, -0.25) is 9.79 Å². The zero-order chi connectivity index (χ0) is 21.4. The van der Waals surface area contributed by atoms with Crippen molar-refractivity contribution in [1.82, 2.24) is 4.98 Å². The number of aromatic nitrogens is 1. The lowest BCUT2D eigenvalue weighted by Gasteiger charge is -2.36. The maximum absolute atomic E-state index is 12.2. The number of rotatable bonds is 4. The van der Waals surface area contributed by atoms with Gasteiger partial charge in [-0.1, -0.05) is 36.4 Å². The number of carbonyl (C=O) groups is 1. The van der Waals surface area contributed by atoms with Gasteiger partial charge in [-0.15, -0.1) is 0 Å². The minimum atomic E-state index is -0.483. The van der Waals surface area contributed by atoms with Crippen molar-refractivity contribution in [3.05, 3.63) is 90.1 Å². The van der Waals surface area contributed by atoms with Crippen molar-refractivity contribution in [2.75, 3.05) is 4.90 Å². The molecule has 6 heteroatoms. The number of fused-ring (bicyclic) bond motifs is 2. The van der Waals surface area contributed by atoms with E-state index < -0.39 is 18.0 Å². The van der Waals surface area contributed by atoms with E-state index in [1.807, 2.05) is 67.0 Å². The van der Waals surface area contributed by atoms with Gasteiger partial charge in [0.1, 0.15) is 5.75 Å². The van der Waals surface area contributed by atoms with E-state index in [4.69, 9.17) is 10.7 Å². The van der Waals surface area contributed by atoms with Crippen LogP contribution in [-0.2, 0) is 4.79 Å². The zero-order valence-electron chi connectivity index (χ0n) is 16.8. The largest absolute Gasteiger partial charge is 0.508 e. The number of phenolic OH excluding ortho intramolecular Hbond substituents is 1. The highest BCUT2D eigenvalue weighted by Crippen LogP contribution is 2.42. The molecular weight excluding hydrogens is 388 g/mol. The van der Waals surface area contributed by atoms with E-state index in [-0.39, 0.29) is 12.2 Å². The summed E-state index contributed by atoms with van der Waals surface area (Å²) in [7, 11) is 0. The summed E-state index contributed by atoms with van der Waals surface area (Å²) >= 11 is 0. The summed E-state index contributed by atoms with van der Waals surface area (Å²) in [4.78, 5) is 22.3. The molecule has 0 aliphatic carbocycles. The second-order valence-electron chi connectivity index (χ2n) is 7.70. The van der Waals surface area contributed by atoms with E-state index in [9.17, 15) is 9.90 Å². The standard InChI is InChI=1S/C25H22N4O2/c26-24(31)14-22-25(19-6-2-4-8-23(19)30)28-15-17-5-1-3-7-21(17)29(22)18-9-10-20-16(13-18)11-12-27-20/h1-13,15,22,25,27,30H,14H2,(H2,26,31). The lowest BCUT2D eigenvalue weighted by Crippen LogP contribution is -2.39. The quantitative estimate of drug-likeness (QED) is 0.464. The maximum atomic E-state index is 12.2. The number of phenols is 1. The maximum Gasteiger partial charge on any atom is 0.219 e. The summed E-state index contributed by atoms with van der Waals surface area (Å²) in [5.41, 5.74) is 10.2. The van der Waals surface area contributed by atoms with Crippen molar-refractivity contribution in [2.24, 2.45) is 10.7 Å². The highest BCUT2D eigenvalue weighted by Gasteiger charge is 2.35. The predicted molar refractivity (Wildman–Crippen MR) is 123 cm³/mol. The molecule has 31 heavy (non-hydrogen) atoms. The smallest absolute Gasteiger partial charge is 0.219 e. The Morgan fingerprint density at radius 2 is 1.87 bits per heavy atom. The average molecular weight is 410 g/mol. The van der Waals surface area contributed by atoms with Gasteiger partial charge in [0.25, 0.3) is 0 Å².